The summed E-state index contributed by atoms with van der Waals surface area (Å²) in [6, 6.07) is 0. The minimum absolute atomic E-state index is 0.105. The van der Waals surface area contributed by atoms with Crippen LogP contribution in [0.2, 0.25) is 0 Å². The van der Waals surface area contributed by atoms with E-state index in [0.29, 0.717) is 54.0 Å². The van der Waals surface area contributed by atoms with Crippen LogP contribution in [0.5, 0.6) is 0 Å². The fourth-order valence-electron chi connectivity index (χ4n) is 3.35. The number of hydrogen-bond acceptors (Lipinski definition) is 6. The van der Waals surface area contributed by atoms with Gasteiger partial charge >= 0.3 is 0 Å². The maximum absolute atomic E-state index is 12.0. The number of fused-ring (bicyclic) bond motifs is 2. The van der Waals surface area contributed by atoms with Gasteiger partial charge in [0.2, 0.25) is 0 Å². The molecule has 6 heteroatoms. The molecule has 2 aromatic rings. The van der Waals surface area contributed by atoms with Crippen LogP contribution in [0.3, 0.4) is 0 Å². The molecule has 2 heterocycles. The van der Waals surface area contributed by atoms with Crippen molar-refractivity contribution in [2.24, 2.45) is 0 Å². The standard InChI is InChI=1S/C16H16N2O4/c19-11-4-1-3-9-15(11)14(22-17-9)8-7-10-16-12(20)5-2-6-13(16)21-18-10/h1-8H2. The molecule has 4 rings (SSSR count). The summed E-state index contributed by atoms with van der Waals surface area (Å²) in [6.07, 6.45) is 5.37. The van der Waals surface area contributed by atoms with E-state index >= 15 is 0 Å². The van der Waals surface area contributed by atoms with Crippen molar-refractivity contribution in [3.63, 3.8) is 0 Å². The molecular weight excluding hydrogens is 284 g/mol. The lowest BCUT2D eigenvalue weighted by molar-refractivity contribution is 0.0960. The summed E-state index contributed by atoms with van der Waals surface area (Å²) in [7, 11) is 0. The quantitative estimate of drug-likeness (QED) is 0.865. The molecule has 0 atom stereocenters. The summed E-state index contributed by atoms with van der Waals surface area (Å²) >= 11 is 0. The molecule has 22 heavy (non-hydrogen) atoms. The smallest absolute Gasteiger partial charge is 0.168 e. The number of aryl methyl sites for hydroxylation is 4. The number of nitrogens with zero attached hydrogens (tertiary/aromatic N) is 2. The Morgan fingerprint density at radius 2 is 1.59 bits per heavy atom. The molecule has 2 aromatic heterocycles. The summed E-state index contributed by atoms with van der Waals surface area (Å²) in [5.74, 6) is 1.52. The Labute approximate surface area is 126 Å². The number of ketones is 2. The van der Waals surface area contributed by atoms with Gasteiger partial charge in [-0.1, -0.05) is 10.3 Å². The zero-order valence-corrected chi connectivity index (χ0v) is 12.2. The molecule has 0 spiro atoms. The first kappa shape index (κ1) is 13.4. The third kappa shape index (κ3) is 2.10. The first-order valence-corrected chi connectivity index (χ1v) is 7.75. The van der Waals surface area contributed by atoms with Crippen LogP contribution in [0, 0.1) is 0 Å². The monoisotopic (exact) mass is 300 g/mol. The molecule has 0 aliphatic heterocycles. The summed E-state index contributed by atoms with van der Waals surface area (Å²) in [5, 5.41) is 8.04. The zero-order valence-electron chi connectivity index (χ0n) is 12.2. The van der Waals surface area contributed by atoms with Gasteiger partial charge in [-0.15, -0.1) is 0 Å². The van der Waals surface area contributed by atoms with Crippen molar-refractivity contribution in [2.45, 2.75) is 51.4 Å². The molecule has 114 valence electrons. The Balaban J connectivity index is 1.57. The molecule has 0 amide bonds. The second-order valence-electron chi connectivity index (χ2n) is 5.91. The molecule has 0 fully saturated rings. The van der Waals surface area contributed by atoms with E-state index in [-0.39, 0.29) is 11.6 Å². The lowest BCUT2D eigenvalue weighted by Gasteiger charge is -2.09. The molecular formula is C16H16N2O4. The van der Waals surface area contributed by atoms with E-state index < -0.39 is 0 Å². The van der Waals surface area contributed by atoms with Gasteiger partial charge in [0.1, 0.15) is 11.5 Å². The fourth-order valence-corrected chi connectivity index (χ4v) is 3.35. The van der Waals surface area contributed by atoms with Crippen LogP contribution in [-0.4, -0.2) is 21.9 Å². The molecule has 6 nitrogen and oxygen atoms in total. The summed E-state index contributed by atoms with van der Waals surface area (Å²) in [4.78, 5) is 24.0. The lowest BCUT2D eigenvalue weighted by atomic mass is 9.91. The van der Waals surface area contributed by atoms with Crippen LogP contribution in [0.25, 0.3) is 0 Å². The average molecular weight is 300 g/mol. The molecule has 2 aliphatic rings. The third-order valence-corrected chi connectivity index (χ3v) is 4.44. The van der Waals surface area contributed by atoms with Crippen LogP contribution in [-0.2, 0) is 25.7 Å². The van der Waals surface area contributed by atoms with Crippen molar-refractivity contribution >= 4 is 11.6 Å². The number of carbonyl (C=O) groups excluding carboxylic acids is 2. The SMILES string of the molecule is O=C1CCCc2onc(CCc3onc4c3C(=O)CCC4)c21. The van der Waals surface area contributed by atoms with Gasteiger partial charge < -0.3 is 9.05 Å². The Bertz CT molecular complexity index is 692. The maximum atomic E-state index is 12.0. The van der Waals surface area contributed by atoms with Crippen molar-refractivity contribution < 1.29 is 18.6 Å². The highest BCUT2D eigenvalue weighted by Crippen LogP contribution is 2.27. The molecule has 0 saturated heterocycles. The van der Waals surface area contributed by atoms with Crippen molar-refractivity contribution in [3.8, 4) is 0 Å². The van der Waals surface area contributed by atoms with Gasteiger partial charge in [0.15, 0.2) is 11.6 Å². The van der Waals surface area contributed by atoms with Crippen molar-refractivity contribution in [3.05, 3.63) is 34.0 Å². The first-order chi connectivity index (χ1) is 10.7. The average Bonchev–Trinajstić information content (AvgIpc) is 3.11. The van der Waals surface area contributed by atoms with Gasteiger partial charge in [0, 0.05) is 32.1 Å². The molecule has 0 radical (unpaired) electrons. The topological polar surface area (TPSA) is 86.2 Å². The highest BCUT2D eigenvalue weighted by atomic mass is 16.5. The summed E-state index contributed by atoms with van der Waals surface area (Å²) < 4.78 is 10.6. The van der Waals surface area contributed by atoms with Crippen LogP contribution in [0.4, 0.5) is 0 Å². The van der Waals surface area contributed by atoms with Crippen molar-refractivity contribution in [2.75, 3.05) is 0 Å². The van der Waals surface area contributed by atoms with E-state index in [1.54, 1.807) is 0 Å². The second kappa shape index (κ2) is 5.19. The van der Waals surface area contributed by atoms with E-state index in [2.05, 4.69) is 10.3 Å². The predicted octanol–water partition coefficient (Wildman–Crippen LogP) is 2.49. The molecule has 0 N–H and O–H groups in total. The van der Waals surface area contributed by atoms with Crippen molar-refractivity contribution in [1.82, 2.24) is 10.3 Å². The van der Waals surface area contributed by atoms with E-state index in [1.165, 1.54) is 0 Å². The number of rotatable bonds is 3. The van der Waals surface area contributed by atoms with Gasteiger partial charge in [-0.2, -0.15) is 0 Å². The number of carbonyl (C=O) groups is 2. The Morgan fingerprint density at radius 3 is 2.45 bits per heavy atom. The van der Waals surface area contributed by atoms with Gasteiger partial charge in [-0.3, -0.25) is 9.59 Å². The Morgan fingerprint density at radius 1 is 0.818 bits per heavy atom. The van der Waals surface area contributed by atoms with Crippen LogP contribution < -0.4 is 0 Å². The number of Topliss-reactive ketones (excluding diaryl/α,β-unsaturated/α-hetero) is 2. The molecule has 0 saturated carbocycles. The van der Waals surface area contributed by atoms with Gasteiger partial charge in [-0.25, -0.2) is 0 Å². The Hall–Kier alpha value is -2.24. The summed E-state index contributed by atoms with van der Waals surface area (Å²) in [6.45, 7) is 0. The molecule has 2 aliphatic carbocycles. The largest absolute Gasteiger partial charge is 0.360 e. The normalized spacial score (nSPS) is 17.5. The van der Waals surface area contributed by atoms with E-state index in [1.807, 2.05) is 0 Å². The van der Waals surface area contributed by atoms with Crippen molar-refractivity contribution in [1.29, 1.82) is 0 Å². The van der Waals surface area contributed by atoms with Crippen LogP contribution in [0.1, 0.15) is 69.3 Å². The minimum Gasteiger partial charge on any atom is -0.360 e. The van der Waals surface area contributed by atoms with E-state index in [0.717, 1.165) is 31.4 Å². The van der Waals surface area contributed by atoms with E-state index in [9.17, 15) is 9.59 Å². The highest BCUT2D eigenvalue weighted by molar-refractivity contribution is 5.99. The molecule has 0 aromatic carbocycles. The second-order valence-corrected chi connectivity index (χ2v) is 5.91. The third-order valence-electron chi connectivity index (χ3n) is 4.44. The highest BCUT2D eigenvalue weighted by Gasteiger charge is 2.28. The number of aromatic nitrogens is 2. The maximum Gasteiger partial charge on any atom is 0.168 e. The molecule has 0 unspecified atom stereocenters. The minimum atomic E-state index is 0.105. The van der Waals surface area contributed by atoms with Crippen LogP contribution >= 0.6 is 0 Å². The van der Waals surface area contributed by atoms with Gasteiger partial charge in [0.05, 0.1) is 22.5 Å². The Kier molecular flexibility index (Phi) is 3.17. The molecule has 0 bridgehead atoms. The fraction of sp³-hybridized carbons (Fsp3) is 0.500. The van der Waals surface area contributed by atoms with E-state index in [4.69, 9.17) is 9.05 Å². The predicted molar refractivity (Wildman–Crippen MR) is 75.0 cm³/mol. The lowest BCUT2D eigenvalue weighted by Crippen LogP contribution is -2.13. The number of hydrogen-bond donors (Lipinski definition) is 0. The summed E-state index contributed by atoms with van der Waals surface area (Å²) in [5.41, 5.74) is 2.73. The zero-order chi connectivity index (χ0) is 15.1. The van der Waals surface area contributed by atoms with Crippen LogP contribution in [0.15, 0.2) is 9.05 Å². The van der Waals surface area contributed by atoms with Gasteiger partial charge in [-0.05, 0) is 19.3 Å². The first-order valence-electron chi connectivity index (χ1n) is 7.75. The van der Waals surface area contributed by atoms with Gasteiger partial charge in [0.25, 0.3) is 0 Å².